The van der Waals surface area contributed by atoms with Gasteiger partial charge in [-0.15, -0.1) is 12.3 Å². The van der Waals surface area contributed by atoms with Crippen LogP contribution in [0.1, 0.15) is 25.3 Å². The number of hydrogen-bond acceptors (Lipinski definition) is 1. The molecule has 0 fully saturated rings. The van der Waals surface area contributed by atoms with Gasteiger partial charge in [-0.3, -0.25) is 0 Å². The fraction of sp³-hybridized carbons (Fsp3) is 0.385. The zero-order chi connectivity index (χ0) is 10.4. The van der Waals surface area contributed by atoms with Crippen molar-refractivity contribution in [1.29, 1.82) is 0 Å². The SMILES string of the molecule is C#CCC(C)(O)CCc1ccccc1. The third kappa shape index (κ3) is 3.64. The second-order valence-corrected chi connectivity index (χ2v) is 3.86. The molecule has 1 nitrogen and oxygen atoms in total. The summed E-state index contributed by atoms with van der Waals surface area (Å²) in [6.45, 7) is 1.79. The van der Waals surface area contributed by atoms with Gasteiger partial charge in [0, 0.05) is 6.42 Å². The molecule has 0 saturated carbocycles. The first-order valence-corrected chi connectivity index (χ1v) is 4.84. The standard InChI is InChI=1S/C13H16O/c1-3-10-13(2,14)11-9-12-7-5-4-6-8-12/h1,4-8,14H,9-11H2,2H3. The zero-order valence-electron chi connectivity index (χ0n) is 8.53. The number of aliphatic hydroxyl groups is 1. The molecule has 0 spiro atoms. The second kappa shape index (κ2) is 4.83. The molecule has 0 aliphatic heterocycles. The van der Waals surface area contributed by atoms with Gasteiger partial charge >= 0.3 is 0 Å². The van der Waals surface area contributed by atoms with Gasteiger partial charge in [-0.25, -0.2) is 0 Å². The molecule has 1 atom stereocenters. The van der Waals surface area contributed by atoms with E-state index in [0.29, 0.717) is 12.8 Å². The molecule has 74 valence electrons. The van der Waals surface area contributed by atoms with Gasteiger partial charge in [0.05, 0.1) is 5.60 Å². The summed E-state index contributed by atoms with van der Waals surface area (Å²) in [5.41, 5.74) is 0.509. The number of hydrogen-bond donors (Lipinski definition) is 1. The van der Waals surface area contributed by atoms with Crippen LogP contribution in [0.25, 0.3) is 0 Å². The molecule has 14 heavy (non-hydrogen) atoms. The van der Waals surface area contributed by atoms with Gasteiger partial charge in [0.1, 0.15) is 0 Å². The van der Waals surface area contributed by atoms with E-state index in [1.54, 1.807) is 6.92 Å². The monoisotopic (exact) mass is 188 g/mol. The van der Waals surface area contributed by atoms with Crippen molar-refractivity contribution < 1.29 is 5.11 Å². The predicted molar refractivity (Wildman–Crippen MR) is 58.8 cm³/mol. The number of benzene rings is 1. The van der Waals surface area contributed by atoms with Crippen LogP contribution in [-0.4, -0.2) is 10.7 Å². The maximum Gasteiger partial charge on any atom is 0.0731 e. The van der Waals surface area contributed by atoms with Gasteiger partial charge in [0.2, 0.25) is 0 Å². The highest BCUT2D eigenvalue weighted by molar-refractivity contribution is 5.15. The average molecular weight is 188 g/mol. The number of rotatable bonds is 4. The summed E-state index contributed by atoms with van der Waals surface area (Å²) in [5.74, 6) is 2.49. The number of terminal acetylenes is 1. The molecule has 0 saturated heterocycles. The number of aryl methyl sites for hydroxylation is 1. The molecule has 1 heteroatoms. The Bertz CT molecular complexity index is 306. The summed E-state index contributed by atoms with van der Waals surface area (Å²) in [7, 11) is 0. The van der Waals surface area contributed by atoms with Crippen LogP contribution in [0.2, 0.25) is 0 Å². The third-order valence-corrected chi connectivity index (χ3v) is 2.28. The quantitative estimate of drug-likeness (QED) is 0.719. The van der Waals surface area contributed by atoms with Crippen LogP contribution in [0, 0.1) is 12.3 Å². The first kappa shape index (κ1) is 10.8. The Morgan fingerprint density at radius 3 is 2.57 bits per heavy atom. The van der Waals surface area contributed by atoms with Crippen molar-refractivity contribution in [2.75, 3.05) is 0 Å². The van der Waals surface area contributed by atoms with E-state index in [1.165, 1.54) is 5.56 Å². The fourth-order valence-corrected chi connectivity index (χ4v) is 1.37. The molecule has 1 rings (SSSR count). The van der Waals surface area contributed by atoms with E-state index < -0.39 is 5.60 Å². The Morgan fingerprint density at radius 1 is 1.36 bits per heavy atom. The van der Waals surface area contributed by atoms with Crippen molar-refractivity contribution in [3.63, 3.8) is 0 Å². The van der Waals surface area contributed by atoms with Gasteiger partial charge in [-0.1, -0.05) is 30.3 Å². The topological polar surface area (TPSA) is 20.2 Å². The second-order valence-electron chi connectivity index (χ2n) is 3.86. The third-order valence-electron chi connectivity index (χ3n) is 2.28. The fourth-order valence-electron chi connectivity index (χ4n) is 1.37. The molecule has 0 radical (unpaired) electrons. The van der Waals surface area contributed by atoms with Crippen molar-refractivity contribution in [1.82, 2.24) is 0 Å². The average Bonchev–Trinajstić information content (AvgIpc) is 2.17. The lowest BCUT2D eigenvalue weighted by molar-refractivity contribution is 0.0566. The van der Waals surface area contributed by atoms with Gasteiger partial charge in [-0.05, 0) is 25.3 Å². The van der Waals surface area contributed by atoms with E-state index in [-0.39, 0.29) is 0 Å². The lowest BCUT2D eigenvalue weighted by Gasteiger charge is -2.20. The summed E-state index contributed by atoms with van der Waals surface area (Å²) in [5, 5.41) is 9.83. The van der Waals surface area contributed by atoms with Crippen molar-refractivity contribution in [2.45, 2.75) is 31.8 Å². The molecule has 0 aromatic heterocycles. The van der Waals surface area contributed by atoms with Crippen LogP contribution in [0.15, 0.2) is 30.3 Å². The molecule has 0 aliphatic carbocycles. The largest absolute Gasteiger partial charge is 0.389 e. The molecular weight excluding hydrogens is 172 g/mol. The Labute approximate surface area is 85.8 Å². The molecule has 1 N–H and O–H groups in total. The smallest absolute Gasteiger partial charge is 0.0731 e. The Morgan fingerprint density at radius 2 is 2.00 bits per heavy atom. The summed E-state index contributed by atoms with van der Waals surface area (Å²) >= 11 is 0. The molecule has 0 amide bonds. The van der Waals surface area contributed by atoms with E-state index in [2.05, 4.69) is 18.1 Å². The van der Waals surface area contributed by atoms with Crippen molar-refractivity contribution in [3.05, 3.63) is 35.9 Å². The lowest BCUT2D eigenvalue weighted by atomic mass is 9.94. The predicted octanol–water partition coefficient (Wildman–Crippen LogP) is 2.39. The minimum atomic E-state index is -0.732. The maximum absolute atomic E-state index is 9.83. The van der Waals surface area contributed by atoms with E-state index >= 15 is 0 Å². The van der Waals surface area contributed by atoms with Crippen LogP contribution < -0.4 is 0 Å². The van der Waals surface area contributed by atoms with Crippen LogP contribution >= 0.6 is 0 Å². The molecule has 0 bridgehead atoms. The van der Waals surface area contributed by atoms with E-state index in [4.69, 9.17) is 6.42 Å². The van der Waals surface area contributed by atoms with Crippen LogP contribution in [-0.2, 0) is 6.42 Å². The minimum absolute atomic E-state index is 0.417. The maximum atomic E-state index is 9.83. The highest BCUT2D eigenvalue weighted by atomic mass is 16.3. The first-order valence-electron chi connectivity index (χ1n) is 4.84. The van der Waals surface area contributed by atoms with Crippen LogP contribution in [0.5, 0.6) is 0 Å². The molecule has 0 aliphatic rings. The summed E-state index contributed by atoms with van der Waals surface area (Å²) < 4.78 is 0. The highest BCUT2D eigenvalue weighted by Gasteiger charge is 2.18. The summed E-state index contributed by atoms with van der Waals surface area (Å²) in [6.07, 6.45) is 7.17. The molecule has 1 unspecified atom stereocenters. The van der Waals surface area contributed by atoms with Crippen LogP contribution in [0.3, 0.4) is 0 Å². The summed E-state index contributed by atoms with van der Waals surface area (Å²) in [4.78, 5) is 0. The Kier molecular flexibility index (Phi) is 3.73. The Balaban J connectivity index is 2.45. The van der Waals surface area contributed by atoms with E-state index in [9.17, 15) is 5.11 Å². The van der Waals surface area contributed by atoms with E-state index in [1.807, 2.05) is 18.2 Å². The Hall–Kier alpha value is -1.26. The van der Waals surface area contributed by atoms with Crippen molar-refractivity contribution in [3.8, 4) is 12.3 Å². The van der Waals surface area contributed by atoms with Gasteiger partial charge in [0.25, 0.3) is 0 Å². The van der Waals surface area contributed by atoms with E-state index in [0.717, 1.165) is 6.42 Å². The van der Waals surface area contributed by atoms with Gasteiger partial charge in [0.15, 0.2) is 0 Å². The van der Waals surface area contributed by atoms with Crippen molar-refractivity contribution in [2.24, 2.45) is 0 Å². The lowest BCUT2D eigenvalue weighted by Crippen LogP contribution is -2.23. The summed E-state index contributed by atoms with van der Waals surface area (Å²) in [6, 6.07) is 10.1. The highest BCUT2D eigenvalue weighted by Crippen LogP contribution is 2.16. The van der Waals surface area contributed by atoms with Gasteiger partial charge < -0.3 is 5.11 Å². The molecule has 1 aromatic rings. The molecule has 1 aromatic carbocycles. The van der Waals surface area contributed by atoms with Crippen molar-refractivity contribution >= 4 is 0 Å². The normalized spacial score (nSPS) is 14.4. The molecule has 0 heterocycles. The molecular formula is C13H16O. The van der Waals surface area contributed by atoms with Crippen LogP contribution in [0.4, 0.5) is 0 Å². The zero-order valence-corrected chi connectivity index (χ0v) is 8.53. The minimum Gasteiger partial charge on any atom is -0.389 e. The first-order chi connectivity index (χ1) is 6.64. The van der Waals surface area contributed by atoms with Gasteiger partial charge in [-0.2, -0.15) is 0 Å².